The Bertz CT molecular complexity index is 346. The second kappa shape index (κ2) is 5.41. The molecule has 2 unspecified atom stereocenters. The average molecular weight is 242 g/mol. The van der Waals surface area contributed by atoms with Gasteiger partial charge < -0.3 is 14.8 Å². The van der Waals surface area contributed by atoms with Crippen LogP contribution in [-0.2, 0) is 4.74 Å². The minimum absolute atomic E-state index is 0.179. The summed E-state index contributed by atoms with van der Waals surface area (Å²) in [5, 5.41) is 3.35. The van der Waals surface area contributed by atoms with Crippen LogP contribution in [0.2, 0.25) is 0 Å². The predicted molar refractivity (Wildman–Crippen MR) is 65.2 cm³/mol. The van der Waals surface area contributed by atoms with Gasteiger partial charge in [0.05, 0.1) is 19.3 Å². The van der Waals surface area contributed by atoms with Gasteiger partial charge in [-0.2, -0.15) is 0 Å². The summed E-state index contributed by atoms with van der Waals surface area (Å²) >= 11 is 6.01. The van der Waals surface area contributed by atoms with Crippen LogP contribution in [0.15, 0.2) is 24.3 Å². The monoisotopic (exact) mass is 241 g/mol. The summed E-state index contributed by atoms with van der Waals surface area (Å²) in [5.41, 5.74) is 0.780. The molecular weight excluding hydrogens is 226 g/mol. The van der Waals surface area contributed by atoms with Crippen molar-refractivity contribution < 1.29 is 9.47 Å². The van der Waals surface area contributed by atoms with E-state index in [2.05, 4.69) is 5.32 Å². The highest BCUT2D eigenvalue weighted by Crippen LogP contribution is 2.24. The molecule has 1 fully saturated rings. The second-order valence-electron chi connectivity index (χ2n) is 3.72. The van der Waals surface area contributed by atoms with Crippen molar-refractivity contribution >= 4 is 17.3 Å². The zero-order valence-corrected chi connectivity index (χ0v) is 10.0. The molecule has 1 aromatic rings. The maximum absolute atomic E-state index is 6.01. The number of alkyl halides is 1. The van der Waals surface area contributed by atoms with E-state index in [1.54, 1.807) is 0 Å². The molecule has 1 heterocycles. The highest BCUT2D eigenvalue weighted by atomic mass is 35.5. The van der Waals surface area contributed by atoms with Crippen LogP contribution in [0.1, 0.15) is 13.3 Å². The van der Waals surface area contributed by atoms with E-state index in [0.717, 1.165) is 24.5 Å². The van der Waals surface area contributed by atoms with E-state index in [-0.39, 0.29) is 11.6 Å². The van der Waals surface area contributed by atoms with Gasteiger partial charge >= 0.3 is 0 Å². The van der Waals surface area contributed by atoms with Crippen LogP contribution in [0.3, 0.4) is 0 Å². The second-order valence-corrected chi connectivity index (χ2v) is 4.15. The number of ether oxygens (including phenoxy) is 2. The topological polar surface area (TPSA) is 30.5 Å². The predicted octanol–water partition coefficient (Wildman–Crippen LogP) is 2.85. The van der Waals surface area contributed by atoms with Gasteiger partial charge in [-0.25, -0.2) is 0 Å². The molecule has 0 saturated carbocycles. The maximum Gasteiger partial charge on any atom is 0.151 e. The summed E-state index contributed by atoms with van der Waals surface area (Å²) in [7, 11) is 0. The first-order chi connectivity index (χ1) is 7.79. The van der Waals surface area contributed by atoms with E-state index in [1.807, 2.05) is 31.2 Å². The fourth-order valence-corrected chi connectivity index (χ4v) is 2.03. The standard InChI is InChI=1S/C12H16ClNO2/c1-2-15-10-5-3-4-9(8-10)14-11-6-7-16-12(11)13/h3-5,8,11-12,14H,2,6-7H2,1H3. The average Bonchev–Trinajstić information content (AvgIpc) is 2.66. The first-order valence-corrected chi connectivity index (χ1v) is 5.98. The number of rotatable bonds is 4. The molecule has 2 atom stereocenters. The van der Waals surface area contributed by atoms with Crippen molar-refractivity contribution in [1.29, 1.82) is 0 Å². The van der Waals surface area contributed by atoms with Crippen LogP contribution in [0.25, 0.3) is 0 Å². The lowest BCUT2D eigenvalue weighted by atomic mass is 10.2. The van der Waals surface area contributed by atoms with Gasteiger partial charge in [-0.1, -0.05) is 17.7 Å². The van der Waals surface area contributed by atoms with Crippen LogP contribution in [0, 0.1) is 0 Å². The molecule has 0 radical (unpaired) electrons. The Balaban J connectivity index is 2.00. The minimum Gasteiger partial charge on any atom is -0.494 e. The number of halogens is 1. The smallest absolute Gasteiger partial charge is 0.151 e. The van der Waals surface area contributed by atoms with E-state index in [9.17, 15) is 0 Å². The number of nitrogens with one attached hydrogen (secondary N) is 1. The molecule has 0 bridgehead atoms. The molecule has 2 rings (SSSR count). The molecule has 4 heteroatoms. The van der Waals surface area contributed by atoms with Gasteiger partial charge in [-0.15, -0.1) is 0 Å². The number of benzene rings is 1. The summed E-state index contributed by atoms with van der Waals surface area (Å²) in [4.78, 5) is 0. The Kier molecular flexibility index (Phi) is 3.91. The quantitative estimate of drug-likeness (QED) is 0.823. The van der Waals surface area contributed by atoms with E-state index in [4.69, 9.17) is 21.1 Å². The molecule has 1 saturated heterocycles. The molecule has 0 aromatic heterocycles. The molecule has 1 aliphatic rings. The normalized spacial score (nSPS) is 24.4. The summed E-state index contributed by atoms with van der Waals surface area (Å²) < 4.78 is 10.7. The van der Waals surface area contributed by atoms with Crippen molar-refractivity contribution in [2.45, 2.75) is 24.9 Å². The van der Waals surface area contributed by atoms with Gasteiger partial charge in [0.15, 0.2) is 5.56 Å². The summed E-state index contributed by atoms with van der Waals surface area (Å²) in [6, 6.07) is 8.07. The molecule has 0 amide bonds. The fourth-order valence-electron chi connectivity index (χ4n) is 1.75. The van der Waals surface area contributed by atoms with Crippen LogP contribution < -0.4 is 10.1 Å². The van der Waals surface area contributed by atoms with Crippen LogP contribution in [0.4, 0.5) is 5.69 Å². The van der Waals surface area contributed by atoms with Crippen molar-refractivity contribution in [3.8, 4) is 5.75 Å². The molecule has 88 valence electrons. The molecule has 16 heavy (non-hydrogen) atoms. The third kappa shape index (κ3) is 2.80. The Hall–Kier alpha value is -0.930. The van der Waals surface area contributed by atoms with E-state index >= 15 is 0 Å². The van der Waals surface area contributed by atoms with Crippen molar-refractivity contribution in [3.63, 3.8) is 0 Å². The number of hydrogen-bond acceptors (Lipinski definition) is 3. The van der Waals surface area contributed by atoms with Gasteiger partial charge in [-0.05, 0) is 25.5 Å². The summed E-state index contributed by atoms with van der Waals surface area (Å²) in [6.45, 7) is 3.37. The van der Waals surface area contributed by atoms with Crippen LogP contribution in [0.5, 0.6) is 5.75 Å². The van der Waals surface area contributed by atoms with Crippen molar-refractivity contribution in [3.05, 3.63) is 24.3 Å². The lowest BCUT2D eigenvalue weighted by Crippen LogP contribution is -2.24. The molecule has 1 N–H and O–H groups in total. The van der Waals surface area contributed by atoms with Gasteiger partial charge in [0.2, 0.25) is 0 Å². The Labute approximate surface area is 101 Å². The lowest BCUT2D eigenvalue weighted by molar-refractivity contribution is 0.165. The van der Waals surface area contributed by atoms with Crippen LogP contribution in [-0.4, -0.2) is 24.8 Å². The van der Waals surface area contributed by atoms with Gasteiger partial charge in [-0.3, -0.25) is 0 Å². The molecular formula is C12H16ClNO2. The van der Waals surface area contributed by atoms with Crippen LogP contribution >= 0.6 is 11.6 Å². The van der Waals surface area contributed by atoms with Crippen molar-refractivity contribution in [2.24, 2.45) is 0 Å². The van der Waals surface area contributed by atoms with E-state index in [0.29, 0.717) is 6.61 Å². The fraction of sp³-hybridized carbons (Fsp3) is 0.500. The Morgan fingerprint density at radius 2 is 2.44 bits per heavy atom. The molecule has 0 spiro atoms. The van der Waals surface area contributed by atoms with Gasteiger partial charge in [0.1, 0.15) is 5.75 Å². The third-order valence-corrected chi connectivity index (χ3v) is 2.95. The number of anilines is 1. The number of hydrogen-bond donors (Lipinski definition) is 1. The first kappa shape index (κ1) is 11.6. The SMILES string of the molecule is CCOc1cccc(NC2CCOC2Cl)c1. The summed E-state index contributed by atoms with van der Waals surface area (Å²) in [5.74, 6) is 0.873. The summed E-state index contributed by atoms with van der Waals surface area (Å²) in [6.07, 6.45) is 0.938. The maximum atomic E-state index is 6.01. The zero-order chi connectivity index (χ0) is 11.4. The van der Waals surface area contributed by atoms with Crippen molar-refractivity contribution in [2.75, 3.05) is 18.5 Å². The zero-order valence-electron chi connectivity index (χ0n) is 9.28. The third-order valence-electron chi connectivity index (χ3n) is 2.52. The highest BCUT2D eigenvalue weighted by Gasteiger charge is 2.25. The Morgan fingerprint density at radius 1 is 1.56 bits per heavy atom. The molecule has 3 nitrogen and oxygen atoms in total. The Morgan fingerprint density at radius 3 is 3.12 bits per heavy atom. The molecule has 1 aliphatic heterocycles. The molecule has 1 aromatic carbocycles. The van der Waals surface area contributed by atoms with E-state index in [1.165, 1.54) is 0 Å². The largest absolute Gasteiger partial charge is 0.494 e. The lowest BCUT2D eigenvalue weighted by Gasteiger charge is -2.16. The molecule has 0 aliphatic carbocycles. The highest BCUT2D eigenvalue weighted by molar-refractivity contribution is 6.20. The van der Waals surface area contributed by atoms with Crippen molar-refractivity contribution in [1.82, 2.24) is 0 Å². The van der Waals surface area contributed by atoms with Gasteiger partial charge in [0.25, 0.3) is 0 Å². The van der Waals surface area contributed by atoms with Gasteiger partial charge in [0, 0.05) is 11.8 Å². The first-order valence-electron chi connectivity index (χ1n) is 5.54. The van der Waals surface area contributed by atoms with E-state index < -0.39 is 0 Å². The minimum atomic E-state index is -0.240.